The van der Waals surface area contributed by atoms with Crippen molar-refractivity contribution in [1.82, 2.24) is 0 Å². The van der Waals surface area contributed by atoms with Gasteiger partial charge in [0.2, 0.25) is 0 Å². The quantitative estimate of drug-likeness (QED) is 0.0578. The summed E-state index contributed by atoms with van der Waals surface area (Å²) >= 11 is 0. The van der Waals surface area contributed by atoms with E-state index in [0.717, 1.165) is 57.4 Å². The third kappa shape index (κ3) is 50.0. The SMILES string of the molecule is C.CCCCCCCCCCCCCCOCC1CC1.CCCCCCCCCCCCCOCC1CC1.CCCCCCCCCCCCOCC1CC1. The second kappa shape index (κ2) is 46.6. The summed E-state index contributed by atoms with van der Waals surface area (Å²) in [6.45, 7) is 13.0. The summed E-state index contributed by atoms with van der Waals surface area (Å²) in [7, 11) is 0. The van der Waals surface area contributed by atoms with E-state index in [2.05, 4.69) is 20.8 Å². The van der Waals surface area contributed by atoms with Crippen molar-refractivity contribution in [2.45, 2.75) is 279 Å². The van der Waals surface area contributed by atoms with E-state index in [-0.39, 0.29) is 7.43 Å². The van der Waals surface area contributed by atoms with Crippen LogP contribution in [0.2, 0.25) is 0 Å². The van der Waals surface area contributed by atoms with Crippen LogP contribution in [-0.4, -0.2) is 39.6 Å². The number of rotatable bonds is 42. The van der Waals surface area contributed by atoms with Crippen LogP contribution in [0.15, 0.2) is 0 Å². The first-order chi connectivity index (χ1) is 26.8. The lowest BCUT2D eigenvalue weighted by molar-refractivity contribution is 0.120. The Balaban J connectivity index is 0.000000789. The molecule has 3 nitrogen and oxygen atoms in total. The molecule has 0 aromatic heterocycles. The largest absolute Gasteiger partial charge is 0.381 e. The van der Waals surface area contributed by atoms with Crippen molar-refractivity contribution in [3.63, 3.8) is 0 Å². The molecule has 0 N–H and O–H groups in total. The van der Waals surface area contributed by atoms with E-state index in [1.807, 2.05) is 0 Å². The molecule has 0 aromatic carbocycles. The second-order valence-corrected chi connectivity index (χ2v) is 18.2. The van der Waals surface area contributed by atoms with Gasteiger partial charge in [-0.2, -0.15) is 0 Å². The fraction of sp³-hybridized carbons (Fsp3) is 1.00. The van der Waals surface area contributed by atoms with E-state index >= 15 is 0 Å². The molecule has 3 aliphatic rings. The molecule has 0 atom stereocenters. The fourth-order valence-electron chi connectivity index (χ4n) is 7.21. The monoisotopic (exact) mass is 779 g/mol. The number of ether oxygens (including phenoxy) is 3. The van der Waals surface area contributed by atoms with Gasteiger partial charge in [0.25, 0.3) is 0 Å². The second-order valence-electron chi connectivity index (χ2n) is 18.2. The van der Waals surface area contributed by atoms with Gasteiger partial charge in [-0.25, -0.2) is 0 Å². The standard InChI is InChI=1S/C18H36O.C17H34O.C16H32O.CH4/c1-2-3-4-5-6-7-8-9-10-11-12-13-16-19-17-18-14-15-18;1-2-3-4-5-6-7-8-9-10-11-12-15-18-16-17-13-14-17;1-2-3-4-5-6-7-8-9-10-11-14-17-15-16-12-13-16;/h18H,2-17H2,1H3;17H,2-16H2,1H3;16H,2-15H2,1H3;1H4. The summed E-state index contributed by atoms with van der Waals surface area (Å²) in [6, 6.07) is 0. The number of hydrogen-bond acceptors (Lipinski definition) is 3. The number of hydrogen-bond donors (Lipinski definition) is 0. The molecular weight excluding hydrogens is 673 g/mol. The molecule has 3 rings (SSSR count). The highest BCUT2D eigenvalue weighted by Crippen LogP contribution is 2.30. The van der Waals surface area contributed by atoms with Crippen LogP contribution in [0.3, 0.4) is 0 Å². The molecule has 0 unspecified atom stereocenters. The highest BCUT2D eigenvalue weighted by Gasteiger charge is 2.22. The molecule has 0 aromatic rings. The first-order valence-corrected chi connectivity index (χ1v) is 25.5. The molecule has 0 aliphatic heterocycles. The Kier molecular flexibility index (Phi) is 46.5. The molecule has 0 radical (unpaired) electrons. The molecule has 3 aliphatic carbocycles. The van der Waals surface area contributed by atoms with Crippen molar-refractivity contribution in [1.29, 1.82) is 0 Å². The lowest BCUT2D eigenvalue weighted by Gasteiger charge is -2.04. The van der Waals surface area contributed by atoms with E-state index in [9.17, 15) is 0 Å². The van der Waals surface area contributed by atoms with Crippen LogP contribution >= 0.6 is 0 Å². The van der Waals surface area contributed by atoms with E-state index in [1.165, 1.54) is 250 Å². The van der Waals surface area contributed by atoms with Gasteiger partial charge < -0.3 is 14.2 Å². The first-order valence-electron chi connectivity index (χ1n) is 25.5. The average Bonchev–Trinajstić information content (AvgIpc) is 4.03. The maximum absolute atomic E-state index is 5.65. The molecule has 0 bridgehead atoms. The minimum absolute atomic E-state index is 0. The van der Waals surface area contributed by atoms with Crippen LogP contribution in [0, 0.1) is 17.8 Å². The summed E-state index contributed by atoms with van der Waals surface area (Å²) in [6.07, 6.45) is 55.3. The van der Waals surface area contributed by atoms with Crippen molar-refractivity contribution in [3.05, 3.63) is 0 Å². The zero-order chi connectivity index (χ0) is 38.7. The van der Waals surface area contributed by atoms with Crippen LogP contribution in [0.5, 0.6) is 0 Å². The molecule has 0 heterocycles. The topological polar surface area (TPSA) is 27.7 Å². The first kappa shape index (κ1) is 54.9. The maximum atomic E-state index is 5.65. The van der Waals surface area contributed by atoms with E-state index in [1.54, 1.807) is 0 Å². The van der Waals surface area contributed by atoms with Crippen LogP contribution in [0.25, 0.3) is 0 Å². The molecule has 3 saturated carbocycles. The van der Waals surface area contributed by atoms with Crippen molar-refractivity contribution < 1.29 is 14.2 Å². The lowest BCUT2D eigenvalue weighted by Crippen LogP contribution is -1.98. The van der Waals surface area contributed by atoms with Crippen LogP contribution in [-0.2, 0) is 14.2 Å². The van der Waals surface area contributed by atoms with Crippen molar-refractivity contribution in [3.8, 4) is 0 Å². The van der Waals surface area contributed by atoms with Crippen LogP contribution < -0.4 is 0 Å². The van der Waals surface area contributed by atoms with E-state index < -0.39 is 0 Å². The minimum Gasteiger partial charge on any atom is -0.381 e. The van der Waals surface area contributed by atoms with Crippen LogP contribution in [0.1, 0.15) is 279 Å². The lowest BCUT2D eigenvalue weighted by atomic mass is 10.1. The highest BCUT2D eigenvalue weighted by atomic mass is 16.5. The highest BCUT2D eigenvalue weighted by molar-refractivity contribution is 4.73. The van der Waals surface area contributed by atoms with Crippen molar-refractivity contribution in [2.75, 3.05) is 39.6 Å². The van der Waals surface area contributed by atoms with Gasteiger partial charge in [0.05, 0.1) is 0 Å². The molecule has 0 saturated heterocycles. The van der Waals surface area contributed by atoms with Crippen molar-refractivity contribution >= 4 is 0 Å². The summed E-state index contributed by atoms with van der Waals surface area (Å²) < 4.78 is 16.9. The Morgan fingerprint density at radius 2 is 0.418 bits per heavy atom. The van der Waals surface area contributed by atoms with E-state index in [0.29, 0.717) is 0 Å². The fourth-order valence-corrected chi connectivity index (χ4v) is 7.21. The van der Waals surface area contributed by atoms with Gasteiger partial charge in [-0.15, -0.1) is 0 Å². The Hall–Kier alpha value is -0.120. The minimum atomic E-state index is 0. The zero-order valence-corrected chi connectivity index (χ0v) is 37.8. The Bertz CT molecular complexity index is 670. The molecule has 0 spiro atoms. The van der Waals surface area contributed by atoms with Gasteiger partial charge in [0, 0.05) is 39.6 Å². The third-order valence-corrected chi connectivity index (χ3v) is 11.8. The summed E-state index contributed by atoms with van der Waals surface area (Å²) in [5.74, 6) is 2.79. The molecular formula is C52H106O3. The molecule has 3 heteroatoms. The van der Waals surface area contributed by atoms with Gasteiger partial charge in [0.15, 0.2) is 0 Å². The third-order valence-electron chi connectivity index (χ3n) is 11.8. The maximum Gasteiger partial charge on any atom is 0.0494 e. The molecule has 3 fully saturated rings. The molecule has 332 valence electrons. The number of unbranched alkanes of at least 4 members (excludes halogenated alkanes) is 30. The summed E-state index contributed by atoms with van der Waals surface area (Å²) in [4.78, 5) is 0. The van der Waals surface area contributed by atoms with Gasteiger partial charge in [-0.1, -0.05) is 221 Å². The van der Waals surface area contributed by atoms with Gasteiger partial charge in [-0.05, 0) is 75.5 Å². The molecule has 0 amide bonds. The predicted octanol–water partition coefficient (Wildman–Crippen LogP) is 17.8. The van der Waals surface area contributed by atoms with Gasteiger partial charge in [-0.3, -0.25) is 0 Å². The molecule has 55 heavy (non-hydrogen) atoms. The van der Waals surface area contributed by atoms with E-state index in [4.69, 9.17) is 14.2 Å². The Morgan fingerprint density at radius 1 is 0.255 bits per heavy atom. The summed E-state index contributed by atoms with van der Waals surface area (Å²) in [5.41, 5.74) is 0. The smallest absolute Gasteiger partial charge is 0.0494 e. The Morgan fingerprint density at radius 3 is 0.582 bits per heavy atom. The normalized spacial score (nSPS) is 14.9. The zero-order valence-electron chi connectivity index (χ0n) is 37.8. The van der Waals surface area contributed by atoms with Gasteiger partial charge in [0.1, 0.15) is 0 Å². The summed E-state index contributed by atoms with van der Waals surface area (Å²) in [5, 5.41) is 0. The van der Waals surface area contributed by atoms with Crippen molar-refractivity contribution in [2.24, 2.45) is 17.8 Å². The predicted molar refractivity (Wildman–Crippen MR) is 247 cm³/mol. The average molecular weight is 779 g/mol. The van der Waals surface area contributed by atoms with Gasteiger partial charge >= 0.3 is 0 Å². The van der Waals surface area contributed by atoms with Crippen LogP contribution in [0.4, 0.5) is 0 Å². The Labute approximate surface area is 349 Å².